The van der Waals surface area contributed by atoms with Crippen LogP contribution in [0.3, 0.4) is 0 Å². The maximum atomic E-state index is 5.53. The highest BCUT2D eigenvalue weighted by molar-refractivity contribution is 5.24. The molecule has 3 heteroatoms. The quantitative estimate of drug-likeness (QED) is 0.892. The summed E-state index contributed by atoms with van der Waals surface area (Å²) in [6.07, 6.45) is 5.95. The number of hydrogen-bond donors (Lipinski definition) is 1. The van der Waals surface area contributed by atoms with E-state index in [1.807, 2.05) is 12.4 Å². The van der Waals surface area contributed by atoms with Gasteiger partial charge in [0.05, 0.1) is 0 Å². The van der Waals surface area contributed by atoms with Crippen molar-refractivity contribution in [2.24, 2.45) is 0 Å². The number of hydrogen-bond acceptors (Lipinski definition) is 3. The maximum Gasteiger partial charge on any atom is 0.0475 e. The molecule has 1 aromatic rings. The molecule has 1 aromatic heterocycles. The highest BCUT2D eigenvalue weighted by Gasteiger charge is 2.35. The van der Waals surface area contributed by atoms with Gasteiger partial charge in [-0.3, -0.25) is 4.98 Å². The lowest BCUT2D eigenvalue weighted by Crippen LogP contribution is -2.48. The molecule has 0 aromatic carbocycles. The van der Waals surface area contributed by atoms with Crippen LogP contribution in [0.5, 0.6) is 0 Å². The predicted octanol–water partition coefficient (Wildman–Crippen LogP) is 2.52. The third-order valence-corrected chi connectivity index (χ3v) is 3.70. The number of rotatable bonds is 3. The summed E-state index contributed by atoms with van der Waals surface area (Å²) in [6, 6.07) is 4.30. The molecule has 0 saturated carbocycles. The molecule has 1 fully saturated rings. The first-order chi connectivity index (χ1) is 8.52. The Bertz CT molecular complexity index is 364. The van der Waals surface area contributed by atoms with E-state index in [-0.39, 0.29) is 11.0 Å². The van der Waals surface area contributed by atoms with Crippen molar-refractivity contribution < 1.29 is 4.74 Å². The van der Waals surface area contributed by atoms with E-state index in [2.05, 4.69) is 43.2 Å². The van der Waals surface area contributed by atoms with E-state index in [1.54, 1.807) is 0 Å². The zero-order valence-electron chi connectivity index (χ0n) is 11.7. The largest absolute Gasteiger partial charge is 0.381 e. The molecule has 0 unspecified atom stereocenters. The van der Waals surface area contributed by atoms with Crippen molar-refractivity contribution >= 4 is 0 Å². The zero-order chi connectivity index (χ0) is 13.1. The molecule has 2 heterocycles. The first-order valence-electron chi connectivity index (χ1n) is 6.75. The number of ether oxygens (including phenoxy) is 1. The van der Waals surface area contributed by atoms with Gasteiger partial charge in [-0.2, -0.15) is 0 Å². The lowest BCUT2D eigenvalue weighted by molar-refractivity contribution is 0.0476. The summed E-state index contributed by atoms with van der Waals surface area (Å²) >= 11 is 0. The molecule has 1 N–H and O–H groups in total. The molecule has 0 atom stereocenters. The van der Waals surface area contributed by atoms with Gasteiger partial charge in [-0.25, -0.2) is 0 Å². The van der Waals surface area contributed by atoms with E-state index in [4.69, 9.17) is 4.74 Å². The van der Waals surface area contributed by atoms with Crippen LogP contribution in [0.2, 0.25) is 0 Å². The normalized spacial score (nSPS) is 19.7. The van der Waals surface area contributed by atoms with Gasteiger partial charge < -0.3 is 10.1 Å². The molecule has 0 amide bonds. The average Bonchev–Trinajstić information content (AvgIpc) is 2.38. The maximum absolute atomic E-state index is 5.53. The lowest BCUT2D eigenvalue weighted by atomic mass is 9.74. The van der Waals surface area contributed by atoms with Crippen molar-refractivity contribution in [3.05, 3.63) is 30.1 Å². The first-order valence-corrected chi connectivity index (χ1v) is 6.75. The summed E-state index contributed by atoms with van der Waals surface area (Å²) in [5.74, 6) is 0. The van der Waals surface area contributed by atoms with E-state index < -0.39 is 0 Å². The molecule has 18 heavy (non-hydrogen) atoms. The van der Waals surface area contributed by atoms with Crippen LogP contribution < -0.4 is 5.32 Å². The van der Waals surface area contributed by atoms with Crippen molar-refractivity contribution in [3.63, 3.8) is 0 Å². The molecule has 0 spiro atoms. The van der Waals surface area contributed by atoms with Gasteiger partial charge in [0.1, 0.15) is 0 Å². The van der Waals surface area contributed by atoms with Gasteiger partial charge in [0.2, 0.25) is 0 Å². The van der Waals surface area contributed by atoms with Gasteiger partial charge in [0.25, 0.3) is 0 Å². The van der Waals surface area contributed by atoms with Gasteiger partial charge >= 0.3 is 0 Å². The van der Waals surface area contributed by atoms with Crippen LogP contribution >= 0.6 is 0 Å². The van der Waals surface area contributed by atoms with E-state index in [0.717, 1.165) is 32.6 Å². The van der Waals surface area contributed by atoms with Gasteiger partial charge in [-0.05, 0) is 51.3 Å². The standard InChI is InChI=1S/C15H24N2O/c1-14(2,3)17-12-15(6-10-18-11-7-15)13-4-8-16-9-5-13/h4-5,8-9,17H,6-7,10-12H2,1-3H3. The molecule has 0 bridgehead atoms. The number of nitrogens with zero attached hydrogens (tertiary/aromatic N) is 1. The van der Waals surface area contributed by atoms with Gasteiger partial charge in [0, 0.05) is 43.1 Å². The summed E-state index contributed by atoms with van der Waals surface area (Å²) in [7, 11) is 0. The summed E-state index contributed by atoms with van der Waals surface area (Å²) in [4.78, 5) is 4.13. The van der Waals surface area contributed by atoms with E-state index >= 15 is 0 Å². The van der Waals surface area contributed by atoms with Crippen LogP contribution in [-0.4, -0.2) is 30.3 Å². The summed E-state index contributed by atoms with van der Waals surface area (Å²) in [5, 5.41) is 3.65. The fourth-order valence-electron chi connectivity index (χ4n) is 2.47. The molecular formula is C15H24N2O. The van der Waals surface area contributed by atoms with Crippen LogP contribution in [0.1, 0.15) is 39.2 Å². The fourth-order valence-corrected chi connectivity index (χ4v) is 2.47. The Hall–Kier alpha value is -0.930. The average molecular weight is 248 g/mol. The van der Waals surface area contributed by atoms with Crippen LogP contribution in [0.4, 0.5) is 0 Å². The molecule has 1 aliphatic heterocycles. The monoisotopic (exact) mass is 248 g/mol. The minimum absolute atomic E-state index is 0.151. The highest BCUT2D eigenvalue weighted by atomic mass is 16.5. The van der Waals surface area contributed by atoms with Crippen molar-refractivity contribution in [1.82, 2.24) is 10.3 Å². The fraction of sp³-hybridized carbons (Fsp3) is 0.667. The topological polar surface area (TPSA) is 34.2 Å². The predicted molar refractivity (Wildman–Crippen MR) is 73.7 cm³/mol. The second-order valence-corrected chi connectivity index (χ2v) is 6.23. The molecule has 1 aliphatic rings. The smallest absolute Gasteiger partial charge is 0.0475 e. The third-order valence-electron chi connectivity index (χ3n) is 3.70. The molecular weight excluding hydrogens is 224 g/mol. The molecule has 3 nitrogen and oxygen atoms in total. The second-order valence-electron chi connectivity index (χ2n) is 6.23. The summed E-state index contributed by atoms with van der Waals surface area (Å²) in [6.45, 7) is 9.36. The van der Waals surface area contributed by atoms with Gasteiger partial charge in [0.15, 0.2) is 0 Å². The SMILES string of the molecule is CC(C)(C)NCC1(c2ccncc2)CCOCC1. The Morgan fingerprint density at radius 2 is 1.83 bits per heavy atom. The van der Waals surface area contributed by atoms with Crippen LogP contribution in [0.25, 0.3) is 0 Å². The third kappa shape index (κ3) is 3.30. The van der Waals surface area contributed by atoms with E-state index in [9.17, 15) is 0 Å². The summed E-state index contributed by atoms with van der Waals surface area (Å²) < 4.78 is 5.53. The molecule has 1 saturated heterocycles. The molecule has 100 valence electrons. The van der Waals surface area contributed by atoms with E-state index in [1.165, 1.54) is 5.56 Å². The Kier molecular flexibility index (Phi) is 4.03. The zero-order valence-corrected chi connectivity index (χ0v) is 11.7. The first kappa shape index (κ1) is 13.5. The molecule has 2 rings (SSSR count). The minimum Gasteiger partial charge on any atom is -0.381 e. The minimum atomic E-state index is 0.151. The van der Waals surface area contributed by atoms with Crippen molar-refractivity contribution in [2.75, 3.05) is 19.8 Å². The second kappa shape index (κ2) is 5.37. The Morgan fingerprint density at radius 3 is 2.39 bits per heavy atom. The van der Waals surface area contributed by atoms with Crippen LogP contribution in [0, 0.1) is 0 Å². The van der Waals surface area contributed by atoms with Crippen molar-refractivity contribution in [2.45, 2.75) is 44.6 Å². The van der Waals surface area contributed by atoms with Crippen molar-refractivity contribution in [1.29, 1.82) is 0 Å². The van der Waals surface area contributed by atoms with Gasteiger partial charge in [-0.1, -0.05) is 0 Å². The highest BCUT2D eigenvalue weighted by Crippen LogP contribution is 2.34. The molecule has 0 aliphatic carbocycles. The summed E-state index contributed by atoms with van der Waals surface area (Å²) in [5.41, 5.74) is 1.74. The number of aromatic nitrogens is 1. The molecule has 0 radical (unpaired) electrons. The Labute approximate surface area is 110 Å². The Balaban J connectivity index is 2.18. The van der Waals surface area contributed by atoms with Crippen molar-refractivity contribution in [3.8, 4) is 0 Å². The number of nitrogens with one attached hydrogen (secondary N) is 1. The Morgan fingerprint density at radius 1 is 1.22 bits per heavy atom. The number of pyridine rings is 1. The van der Waals surface area contributed by atoms with Gasteiger partial charge in [-0.15, -0.1) is 0 Å². The van der Waals surface area contributed by atoms with Crippen LogP contribution in [-0.2, 0) is 10.2 Å². The lowest BCUT2D eigenvalue weighted by Gasteiger charge is -2.40. The van der Waals surface area contributed by atoms with E-state index in [0.29, 0.717) is 0 Å². The van der Waals surface area contributed by atoms with Crippen LogP contribution in [0.15, 0.2) is 24.5 Å².